The molecule has 0 spiro atoms. The van der Waals surface area contributed by atoms with Crippen molar-refractivity contribution in [1.82, 2.24) is 0 Å². The standard InChI is InChI=1S/C14H12O3S.C8H10O2S.2CH4/c1-18(16,17)13-9-7-12(8-10-13)14(15)11-5-3-2-4-6-11;1-11(9,10)7-8-5-3-2-4-6-8;;/h2-10H,1H3;2-6H,7H2,1H3;2*1H4. The lowest BCUT2D eigenvalue weighted by Crippen LogP contribution is -2.02. The average molecular weight is 463 g/mol. The second-order valence-corrected chi connectivity index (χ2v) is 10.7. The van der Waals surface area contributed by atoms with Crippen molar-refractivity contribution in [1.29, 1.82) is 0 Å². The highest BCUT2D eigenvalue weighted by Crippen LogP contribution is 2.14. The van der Waals surface area contributed by atoms with Crippen LogP contribution < -0.4 is 0 Å². The summed E-state index contributed by atoms with van der Waals surface area (Å²) >= 11 is 0. The van der Waals surface area contributed by atoms with E-state index >= 15 is 0 Å². The highest BCUT2D eigenvalue weighted by atomic mass is 32.2. The molecule has 0 aliphatic carbocycles. The third-order valence-electron chi connectivity index (χ3n) is 3.85. The SMILES string of the molecule is C.C.CS(=O)(=O)Cc1ccccc1.CS(=O)(=O)c1ccc(C(=O)c2ccccc2)cc1. The number of ketones is 1. The van der Waals surface area contributed by atoms with Crippen molar-refractivity contribution in [2.24, 2.45) is 0 Å². The summed E-state index contributed by atoms with van der Waals surface area (Å²) in [5.41, 5.74) is 1.91. The topological polar surface area (TPSA) is 85.3 Å². The number of hydrogen-bond acceptors (Lipinski definition) is 5. The van der Waals surface area contributed by atoms with Crippen LogP contribution in [-0.2, 0) is 25.4 Å². The van der Waals surface area contributed by atoms with Gasteiger partial charge in [0.2, 0.25) is 0 Å². The molecule has 3 aromatic carbocycles. The predicted molar refractivity (Wildman–Crippen MR) is 128 cm³/mol. The van der Waals surface area contributed by atoms with E-state index in [0.29, 0.717) is 11.1 Å². The van der Waals surface area contributed by atoms with Gasteiger partial charge in [0.05, 0.1) is 10.6 Å². The molecule has 0 atom stereocenters. The van der Waals surface area contributed by atoms with Crippen molar-refractivity contribution in [3.05, 3.63) is 102 Å². The number of benzene rings is 3. The maximum absolute atomic E-state index is 12.1. The van der Waals surface area contributed by atoms with Crippen molar-refractivity contribution >= 4 is 25.5 Å². The van der Waals surface area contributed by atoms with Gasteiger partial charge in [-0.25, -0.2) is 16.8 Å². The van der Waals surface area contributed by atoms with Gasteiger partial charge in [0.25, 0.3) is 0 Å². The Labute approximate surface area is 186 Å². The Kier molecular flexibility index (Phi) is 11.1. The Balaban J connectivity index is 0.000000603. The van der Waals surface area contributed by atoms with Crippen molar-refractivity contribution in [3.63, 3.8) is 0 Å². The lowest BCUT2D eigenvalue weighted by atomic mass is 10.0. The Morgan fingerprint density at radius 3 is 1.48 bits per heavy atom. The average Bonchev–Trinajstić information content (AvgIpc) is 2.67. The van der Waals surface area contributed by atoms with E-state index in [0.717, 1.165) is 11.8 Å². The molecule has 168 valence electrons. The Hall–Kier alpha value is -2.77. The third kappa shape index (κ3) is 9.72. The molecule has 0 N–H and O–H groups in total. The van der Waals surface area contributed by atoms with Crippen LogP contribution in [0, 0.1) is 0 Å². The van der Waals surface area contributed by atoms with Crippen LogP contribution in [0.2, 0.25) is 0 Å². The second-order valence-electron chi connectivity index (χ2n) is 6.55. The zero-order chi connectivity index (χ0) is 21.5. The monoisotopic (exact) mass is 462 g/mol. The van der Waals surface area contributed by atoms with E-state index in [1.54, 1.807) is 36.4 Å². The maximum Gasteiger partial charge on any atom is 0.193 e. The summed E-state index contributed by atoms with van der Waals surface area (Å²) in [6.45, 7) is 0. The highest BCUT2D eigenvalue weighted by molar-refractivity contribution is 7.90. The molecule has 0 unspecified atom stereocenters. The van der Waals surface area contributed by atoms with Gasteiger partial charge in [0.1, 0.15) is 0 Å². The molecular weight excluding hydrogens is 432 g/mol. The Bertz CT molecular complexity index is 1150. The van der Waals surface area contributed by atoms with Crippen LogP contribution in [0.1, 0.15) is 36.3 Å². The van der Waals surface area contributed by atoms with E-state index in [1.165, 1.54) is 30.5 Å². The normalized spacial score (nSPS) is 10.5. The molecule has 0 aliphatic rings. The molecule has 0 amide bonds. The van der Waals surface area contributed by atoms with Gasteiger partial charge in [-0.15, -0.1) is 0 Å². The fourth-order valence-electron chi connectivity index (χ4n) is 2.49. The second kappa shape index (κ2) is 12.2. The molecule has 7 heteroatoms. The number of rotatable bonds is 5. The van der Waals surface area contributed by atoms with Gasteiger partial charge in [-0.05, 0) is 29.8 Å². The minimum atomic E-state index is -3.22. The van der Waals surface area contributed by atoms with Crippen molar-refractivity contribution in [2.45, 2.75) is 25.5 Å². The predicted octanol–water partition coefficient (Wildman–Crippen LogP) is 4.82. The molecule has 5 nitrogen and oxygen atoms in total. The first-order chi connectivity index (χ1) is 13.6. The van der Waals surface area contributed by atoms with Gasteiger partial charge >= 0.3 is 0 Å². The van der Waals surface area contributed by atoms with E-state index < -0.39 is 19.7 Å². The molecule has 0 radical (unpaired) electrons. The largest absolute Gasteiger partial charge is 0.289 e. The fraction of sp³-hybridized carbons (Fsp3) is 0.208. The first-order valence-corrected chi connectivity index (χ1v) is 12.6. The smallest absolute Gasteiger partial charge is 0.193 e. The van der Waals surface area contributed by atoms with Crippen LogP contribution in [0.25, 0.3) is 0 Å². The fourth-order valence-corrected chi connectivity index (χ4v) is 3.92. The lowest BCUT2D eigenvalue weighted by Gasteiger charge is -2.02. The Morgan fingerprint density at radius 1 is 0.645 bits per heavy atom. The first-order valence-electron chi connectivity index (χ1n) is 8.68. The molecule has 3 rings (SSSR count). The van der Waals surface area contributed by atoms with Crippen molar-refractivity contribution in [2.75, 3.05) is 12.5 Å². The summed E-state index contributed by atoms with van der Waals surface area (Å²) in [7, 11) is -6.10. The molecule has 0 heterocycles. The van der Waals surface area contributed by atoms with E-state index in [2.05, 4.69) is 0 Å². The summed E-state index contributed by atoms with van der Waals surface area (Å²) in [5.74, 6) is 0.0176. The summed E-state index contributed by atoms with van der Waals surface area (Å²) < 4.78 is 44.2. The molecule has 0 bridgehead atoms. The quantitative estimate of drug-likeness (QED) is 0.507. The molecule has 0 saturated heterocycles. The van der Waals surface area contributed by atoms with E-state index in [4.69, 9.17) is 0 Å². The zero-order valence-corrected chi connectivity index (χ0v) is 17.8. The number of carbonyl (C=O) groups excluding carboxylic acids is 1. The summed E-state index contributed by atoms with van der Waals surface area (Å²) in [6, 6.07) is 24.0. The zero-order valence-electron chi connectivity index (χ0n) is 16.1. The first kappa shape index (κ1) is 28.2. The van der Waals surface area contributed by atoms with Gasteiger partial charge in [-0.1, -0.05) is 75.5 Å². The summed E-state index contributed by atoms with van der Waals surface area (Å²) in [6.07, 6.45) is 2.38. The summed E-state index contributed by atoms with van der Waals surface area (Å²) in [4.78, 5) is 12.3. The third-order valence-corrected chi connectivity index (χ3v) is 5.84. The molecule has 0 aromatic heterocycles. The Morgan fingerprint density at radius 2 is 1.06 bits per heavy atom. The van der Waals surface area contributed by atoms with E-state index in [-0.39, 0.29) is 31.3 Å². The van der Waals surface area contributed by atoms with Gasteiger partial charge in [0.15, 0.2) is 25.5 Å². The van der Waals surface area contributed by atoms with Crippen LogP contribution in [0.15, 0.2) is 89.8 Å². The summed E-state index contributed by atoms with van der Waals surface area (Å²) in [5, 5.41) is 0. The van der Waals surface area contributed by atoms with Crippen LogP contribution >= 0.6 is 0 Å². The highest BCUT2D eigenvalue weighted by Gasteiger charge is 2.11. The maximum atomic E-state index is 12.1. The van der Waals surface area contributed by atoms with E-state index in [1.807, 2.05) is 24.3 Å². The van der Waals surface area contributed by atoms with Crippen LogP contribution in [0.5, 0.6) is 0 Å². The van der Waals surface area contributed by atoms with Gasteiger partial charge in [-0.2, -0.15) is 0 Å². The van der Waals surface area contributed by atoms with Gasteiger partial charge in [-0.3, -0.25) is 4.79 Å². The molecule has 3 aromatic rings. The van der Waals surface area contributed by atoms with E-state index in [9.17, 15) is 21.6 Å². The van der Waals surface area contributed by atoms with Crippen LogP contribution in [0.4, 0.5) is 0 Å². The van der Waals surface area contributed by atoms with Gasteiger partial charge in [0, 0.05) is 23.6 Å². The minimum absolute atomic E-state index is 0. The van der Waals surface area contributed by atoms with Crippen LogP contribution in [-0.4, -0.2) is 35.1 Å². The van der Waals surface area contributed by atoms with Crippen molar-refractivity contribution < 1.29 is 21.6 Å². The molecule has 31 heavy (non-hydrogen) atoms. The number of carbonyl (C=O) groups is 1. The van der Waals surface area contributed by atoms with Gasteiger partial charge < -0.3 is 0 Å². The number of hydrogen-bond donors (Lipinski definition) is 0. The molecular formula is C24H30O5S2. The molecule has 0 saturated carbocycles. The van der Waals surface area contributed by atoms with Crippen LogP contribution in [0.3, 0.4) is 0 Å². The molecule has 0 aliphatic heterocycles. The lowest BCUT2D eigenvalue weighted by molar-refractivity contribution is 0.103. The minimum Gasteiger partial charge on any atom is -0.289 e. The molecule has 0 fully saturated rings. The van der Waals surface area contributed by atoms with Crippen molar-refractivity contribution in [3.8, 4) is 0 Å². The number of sulfone groups is 2.